The number of rotatable bonds is 7. The van der Waals surface area contributed by atoms with Gasteiger partial charge in [-0.1, -0.05) is 30.3 Å². The Morgan fingerprint density at radius 2 is 1.74 bits per heavy atom. The molecular weight excluding hydrogens is 525 g/mol. The second-order valence-corrected chi connectivity index (χ2v) is 9.70. The van der Waals surface area contributed by atoms with Gasteiger partial charge in [-0.3, -0.25) is 4.99 Å². The molecule has 0 unspecified atom stereocenters. The zero-order valence-electron chi connectivity index (χ0n) is 18.2. The highest BCUT2D eigenvalue weighted by atomic mass is 127. The average molecular weight is 557 g/mol. The van der Waals surface area contributed by atoms with Crippen LogP contribution in [0, 0.1) is 5.92 Å². The SMILES string of the molecule is CN=C(NCCOc1ccc(S(C)(=O)=O)cc1)N1CCC(Cc2ccccc2)CC1.I. The molecule has 6 nitrogen and oxygen atoms in total. The minimum Gasteiger partial charge on any atom is -0.492 e. The summed E-state index contributed by atoms with van der Waals surface area (Å²) in [4.78, 5) is 7.02. The van der Waals surface area contributed by atoms with Gasteiger partial charge in [0.25, 0.3) is 0 Å². The predicted molar refractivity (Wildman–Crippen MR) is 136 cm³/mol. The Hall–Kier alpha value is -1.81. The number of halogens is 1. The number of hydrogen-bond donors (Lipinski definition) is 1. The summed E-state index contributed by atoms with van der Waals surface area (Å²) in [6.45, 7) is 3.11. The number of aliphatic imine (C=N–C) groups is 1. The van der Waals surface area contributed by atoms with Gasteiger partial charge in [0.1, 0.15) is 12.4 Å². The van der Waals surface area contributed by atoms with Crippen LogP contribution in [0.5, 0.6) is 5.75 Å². The summed E-state index contributed by atoms with van der Waals surface area (Å²) < 4.78 is 28.7. The van der Waals surface area contributed by atoms with Crippen LogP contribution < -0.4 is 10.1 Å². The number of nitrogens with one attached hydrogen (secondary N) is 1. The molecule has 170 valence electrons. The predicted octanol–water partition coefficient (Wildman–Crippen LogP) is 3.62. The highest BCUT2D eigenvalue weighted by Gasteiger charge is 2.21. The smallest absolute Gasteiger partial charge is 0.193 e. The summed E-state index contributed by atoms with van der Waals surface area (Å²) in [5, 5.41) is 3.36. The maximum atomic E-state index is 11.5. The number of benzene rings is 2. The number of ether oxygens (including phenoxy) is 1. The molecule has 1 aliphatic heterocycles. The third-order valence-corrected chi connectivity index (χ3v) is 6.53. The normalized spacial score (nSPS) is 15.3. The minimum atomic E-state index is -3.18. The lowest BCUT2D eigenvalue weighted by molar-refractivity contribution is 0.256. The Labute approximate surface area is 203 Å². The van der Waals surface area contributed by atoms with Crippen molar-refractivity contribution in [1.29, 1.82) is 0 Å². The molecule has 1 saturated heterocycles. The molecule has 1 N–H and O–H groups in total. The van der Waals surface area contributed by atoms with Gasteiger partial charge in [-0.05, 0) is 55.0 Å². The summed E-state index contributed by atoms with van der Waals surface area (Å²) in [6.07, 6.45) is 4.67. The van der Waals surface area contributed by atoms with Gasteiger partial charge in [0.15, 0.2) is 15.8 Å². The largest absolute Gasteiger partial charge is 0.492 e. The van der Waals surface area contributed by atoms with Crippen molar-refractivity contribution in [3.63, 3.8) is 0 Å². The molecule has 0 amide bonds. The first-order chi connectivity index (χ1) is 14.5. The van der Waals surface area contributed by atoms with E-state index in [0.29, 0.717) is 23.8 Å². The Morgan fingerprint density at radius 3 is 2.32 bits per heavy atom. The quantitative estimate of drug-likeness (QED) is 0.244. The fraction of sp³-hybridized carbons (Fsp3) is 0.435. The van der Waals surface area contributed by atoms with E-state index in [1.54, 1.807) is 24.3 Å². The summed E-state index contributed by atoms with van der Waals surface area (Å²) >= 11 is 0. The zero-order chi connectivity index (χ0) is 21.4. The third kappa shape index (κ3) is 7.99. The highest BCUT2D eigenvalue weighted by Crippen LogP contribution is 2.21. The van der Waals surface area contributed by atoms with Crippen LogP contribution in [0.4, 0.5) is 0 Å². The van der Waals surface area contributed by atoms with Crippen LogP contribution in [0.2, 0.25) is 0 Å². The first kappa shape index (κ1) is 25.5. The van der Waals surface area contributed by atoms with E-state index < -0.39 is 9.84 Å². The Balaban J connectivity index is 0.00000341. The van der Waals surface area contributed by atoms with E-state index in [2.05, 4.69) is 45.5 Å². The standard InChI is InChI=1S/C23H31N3O3S.HI/c1-24-23(25-14-17-29-21-8-10-22(11-9-21)30(2,27)28)26-15-12-20(13-16-26)18-19-6-4-3-5-7-19;/h3-11,20H,12-18H2,1-2H3,(H,24,25);1H. The Kier molecular flexibility index (Phi) is 10.1. The van der Waals surface area contributed by atoms with Crippen molar-refractivity contribution in [3.8, 4) is 5.75 Å². The fourth-order valence-electron chi connectivity index (χ4n) is 3.74. The first-order valence-corrected chi connectivity index (χ1v) is 12.3. The van der Waals surface area contributed by atoms with Crippen molar-refractivity contribution in [2.24, 2.45) is 10.9 Å². The van der Waals surface area contributed by atoms with Crippen molar-refractivity contribution in [2.75, 3.05) is 39.5 Å². The average Bonchev–Trinajstić information content (AvgIpc) is 2.75. The van der Waals surface area contributed by atoms with E-state index in [9.17, 15) is 8.42 Å². The molecule has 1 heterocycles. The monoisotopic (exact) mass is 557 g/mol. The number of piperidine rings is 1. The van der Waals surface area contributed by atoms with Crippen LogP contribution in [0.1, 0.15) is 18.4 Å². The van der Waals surface area contributed by atoms with Gasteiger partial charge in [0.05, 0.1) is 11.4 Å². The molecule has 0 aromatic heterocycles. The number of guanidine groups is 1. The van der Waals surface area contributed by atoms with Gasteiger partial charge in [0.2, 0.25) is 0 Å². The van der Waals surface area contributed by atoms with Gasteiger partial charge in [0, 0.05) is 26.4 Å². The van der Waals surface area contributed by atoms with Crippen LogP contribution in [-0.4, -0.2) is 58.8 Å². The van der Waals surface area contributed by atoms with Crippen LogP contribution >= 0.6 is 24.0 Å². The van der Waals surface area contributed by atoms with Gasteiger partial charge in [-0.2, -0.15) is 0 Å². The molecule has 0 spiro atoms. The number of sulfone groups is 1. The topological polar surface area (TPSA) is 71.0 Å². The van der Waals surface area contributed by atoms with E-state index in [1.807, 2.05) is 7.05 Å². The van der Waals surface area contributed by atoms with Gasteiger partial charge < -0.3 is 15.0 Å². The molecule has 1 fully saturated rings. The Bertz CT molecular complexity index is 926. The Morgan fingerprint density at radius 1 is 1.10 bits per heavy atom. The molecule has 0 bridgehead atoms. The van der Waals surface area contributed by atoms with E-state index in [0.717, 1.165) is 31.4 Å². The molecule has 0 aliphatic carbocycles. The fourth-order valence-corrected chi connectivity index (χ4v) is 4.37. The molecule has 0 atom stereocenters. The van der Waals surface area contributed by atoms with E-state index in [-0.39, 0.29) is 24.0 Å². The van der Waals surface area contributed by atoms with Crippen molar-refractivity contribution in [2.45, 2.75) is 24.2 Å². The molecular formula is C23H32IN3O3S. The molecule has 1 aliphatic rings. The summed E-state index contributed by atoms with van der Waals surface area (Å²) in [6, 6.07) is 17.2. The van der Waals surface area contributed by atoms with Gasteiger partial charge >= 0.3 is 0 Å². The van der Waals surface area contributed by atoms with Gasteiger partial charge in [-0.25, -0.2) is 8.42 Å². The third-order valence-electron chi connectivity index (χ3n) is 5.40. The summed E-state index contributed by atoms with van der Waals surface area (Å²) in [5.41, 5.74) is 1.42. The molecule has 8 heteroatoms. The molecule has 0 saturated carbocycles. The summed E-state index contributed by atoms with van der Waals surface area (Å²) in [5.74, 6) is 2.28. The van der Waals surface area contributed by atoms with Crippen LogP contribution in [0.3, 0.4) is 0 Å². The lowest BCUT2D eigenvalue weighted by Gasteiger charge is -2.34. The second-order valence-electron chi connectivity index (χ2n) is 7.69. The highest BCUT2D eigenvalue weighted by molar-refractivity contribution is 14.0. The minimum absolute atomic E-state index is 0. The van der Waals surface area contributed by atoms with Crippen molar-refractivity contribution < 1.29 is 13.2 Å². The van der Waals surface area contributed by atoms with Crippen molar-refractivity contribution in [1.82, 2.24) is 10.2 Å². The van der Waals surface area contributed by atoms with E-state index in [4.69, 9.17) is 4.74 Å². The number of likely N-dealkylation sites (tertiary alicyclic amines) is 1. The number of hydrogen-bond acceptors (Lipinski definition) is 4. The summed E-state index contributed by atoms with van der Waals surface area (Å²) in [7, 11) is -1.37. The first-order valence-electron chi connectivity index (χ1n) is 10.4. The van der Waals surface area contributed by atoms with Crippen molar-refractivity contribution >= 4 is 39.8 Å². The molecule has 2 aromatic carbocycles. The zero-order valence-corrected chi connectivity index (χ0v) is 21.3. The molecule has 31 heavy (non-hydrogen) atoms. The lowest BCUT2D eigenvalue weighted by Crippen LogP contribution is -2.46. The van der Waals surface area contributed by atoms with Crippen LogP contribution in [-0.2, 0) is 16.3 Å². The van der Waals surface area contributed by atoms with Crippen LogP contribution in [0.15, 0.2) is 64.5 Å². The number of nitrogens with zero attached hydrogens (tertiary/aromatic N) is 2. The van der Waals surface area contributed by atoms with Gasteiger partial charge in [-0.15, -0.1) is 24.0 Å². The lowest BCUT2D eigenvalue weighted by atomic mass is 9.90. The van der Waals surface area contributed by atoms with Crippen molar-refractivity contribution in [3.05, 3.63) is 60.2 Å². The maximum Gasteiger partial charge on any atom is 0.193 e. The van der Waals surface area contributed by atoms with Crippen LogP contribution in [0.25, 0.3) is 0 Å². The van der Waals surface area contributed by atoms with E-state index >= 15 is 0 Å². The molecule has 3 rings (SSSR count). The molecule has 0 radical (unpaired) electrons. The maximum absolute atomic E-state index is 11.5. The second kappa shape index (κ2) is 12.3. The van der Waals surface area contributed by atoms with E-state index in [1.165, 1.54) is 24.7 Å². The molecule has 2 aromatic rings.